The zero-order valence-electron chi connectivity index (χ0n) is 13.3. The Morgan fingerprint density at radius 3 is 2.71 bits per heavy atom. The molecule has 0 aliphatic rings. The Morgan fingerprint density at radius 2 is 2.10 bits per heavy atom. The predicted molar refractivity (Wildman–Crippen MR) is 83.3 cm³/mol. The van der Waals surface area contributed by atoms with Crippen LogP contribution >= 0.6 is 0 Å². The monoisotopic (exact) mass is 294 g/mol. The van der Waals surface area contributed by atoms with E-state index in [0.717, 1.165) is 18.7 Å². The molecule has 2 N–H and O–H groups in total. The third-order valence-corrected chi connectivity index (χ3v) is 2.60. The standard InChI is InChI=1S/C16H26N2O3/c1-13(12-14-8-7-11-20-14)17-9-5-6-10-18-15(19)21-16(2,3)4/h5-8,11,13,17H,9-10,12H2,1-4H3,(H,18,19)/b6-5+. The number of hydrogen-bond donors (Lipinski definition) is 2. The molecule has 0 bridgehead atoms. The SMILES string of the molecule is CC(Cc1ccco1)NC/C=C/CNC(=O)OC(C)(C)C. The summed E-state index contributed by atoms with van der Waals surface area (Å²) in [7, 11) is 0. The Kier molecular flexibility index (Phi) is 7.02. The first kappa shape index (κ1) is 17.3. The zero-order valence-corrected chi connectivity index (χ0v) is 13.3. The van der Waals surface area contributed by atoms with E-state index < -0.39 is 11.7 Å². The fraction of sp³-hybridized carbons (Fsp3) is 0.562. The van der Waals surface area contributed by atoms with Crippen LogP contribution < -0.4 is 10.6 Å². The molecule has 1 aromatic heterocycles. The number of amides is 1. The quantitative estimate of drug-likeness (QED) is 0.759. The van der Waals surface area contributed by atoms with Crippen molar-refractivity contribution in [2.45, 2.75) is 45.8 Å². The molecule has 1 rings (SSSR count). The lowest BCUT2D eigenvalue weighted by molar-refractivity contribution is 0.0534. The maximum Gasteiger partial charge on any atom is 0.407 e. The van der Waals surface area contributed by atoms with Crippen LogP contribution in [0.4, 0.5) is 4.79 Å². The van der Waals surface area contributed by atoms with Crippen molar-refractivity contribution in [2.75, 3.05) is 13.1 Å². The van der Waals surface area contributed by atoms with Crippen molar-refractivity contribution in [2.24, 2.45) is 0 Å². The molecule has 1 amide bonds. The molecule has 1 heterocycles. The first-order chi connectivity index (χ1) is 9.87. The Hall–Kier alpha value is -1.75. The van der Waals surface area contributed by atoms with Gasteiger partial charge < -0.3 is 19.8 Å². The molecule has 0 aliphatic carbocycles. The molecule has 5 nitrogen and oxygen atoms in total. The van der Waals surface area contributed by atoms with Crippen LogP contribution in [0.5, 0.6) is 0 Å². The van der Waals surface area contributed by atoms with Gasteiger partial charge in [0.1, 0.15) is 11.4 Å². The summed E-state index contributed by atoms with van der Waals surface area (Å²) in [6, 6.07) is 4.20. The van der Waals surface area contributed by atoms with Gasteiger partial charge >= 0.3 is 6.09 Å². The number of carbonyl (C=O) groups excluding carboxylic acids is 1. The molecule has 21 heavy (non-hydrogen) atoms. The molecule has 1 atom stereocenters. The van der Waals surface area contributed by atoms with Crippen molar-refractivity contribution >= 4 is 6.09 Å². The molecule has 0 fully saturated rings. The summed E-state index contributed by atoms with van der Waals surface area (Å²) >= 11 is 0. The predicted octanol–water partition coefficient (Wildman–Crippen LogP) is 2.88. The molecule has 0 saturated heterocycles. The fourth-order valence-corrected chi connectivity index (χ4v) is 1.70. The van der Waals surface area contributed by atoms with E-state index >= 15 is 0 Å². The minimum Gasteiger partial charge on any atom is -0.469 e. The summed E-state index contributed by atoms with van der Waals surface area (Å²) in [6.07, 6.45) is 6.03. The number of furan rings is 1. The van der Waals surface area contributed by atoms with E-state index in [0.29, 0.717) is 12.6 Å². The van der Waals surface area contributed by atoms with Crippen LogP contribution in [-0.2, 0) is 11.2 Å². The third-order valence-electron chi connectivity index (χ3n) is 2.60. The minimum absolute atomic E-state index is 0.333. The van der Waals surface area contributed by atoms with E-state index in [1.54, 1.807) is 6.26 Å². The van der Waals surface area contributed by atoms with Crippen molar-refractivity contribution in [1.82, 2.24) is 10.6 Å². The molecule has 118 valence electrons. The lowest BCUT2D eigenvalue weighted by Gasteiger charge is -2.19. The second-order valence-corrected chi connectivity index (χ2v) is 5.95. The third kappa shape index (κ3) is 8.92. The number of nitrogens with one attached hydrogen (secondary N) is 2. The molecule has 1 aromatic rings. The normalized spacial score (nSPS) is 13.3. The van der Waals surface area contributed by atoms with Crippen molar-refractivity contribution in [3.63, 3.8) is 0 Å². The molecule has 0 saturated carbocycles. The number of hydrogen-bond acceptors (Lipinski definition) is 4. The summed E-state index contributed by atoms with van der Waals surface area (Å²) in [5, 5.41) is 6.03. The highest BCUT2D eigenvalue weighted by molar-refractivity contribution is 5.67. The van der Waals surface area contributed by atoms with E-state index in [-0.39, 0.29) is 0 Å². The van der Waals surface area contributed by atoms with Crippen LogP contribution in [0.25, 0.3) is 0 Å². The van der Waals surface area contributed by atoms with Gasteiger partial charge in [-0.05, 0) is 39.8 Å². The van der Waals surface area contributed by atoms with Gasteiger partial charge in [-0.1, -0.05) is 12.2 Å². The van der Waals surface area contributed by atoms with E-state index in [1.807, 2.05) is 45.1 Å². The van der Waals surface area contributed by atoms with Crippen LogP contribution in [0, 0.1) is 0 Å². The Labute approximate surface area is 126 Å². The molecule has 0 aromatic carbocycles. The highest BCUT2D eigenvalue weighted by Crippen LogP contribution is 2.06. The van der Waals surface area contributed by atoms with E-state index in [4.69, 9.17) is 9.15 Å². The average molecular weight is 294 g/mol. The highest BCUT2D eigenvalue weighted by atomic mass is 16.6. The summed E-state index contributed by atoms with van der Waals surface area (Å²) in [6.45, 7) is 8.84. The highest BCUT2D eigenvalue weighted by Gasteiger charge is 2.14. The molecule has 0 aliphatic heterocycles. The number of ether oxygens (including phenoxy) is 1. The number of rotatable bonds is 7. The molecule has 1 unspecified atom stereocenters. The molecule has 0 radical (unpaired) electrons. The van der Waals surface area contributed by atoms with Gasteiger partial charge in [0.2, 0.25) is 0 Å². The lowest BCUT2D eigenvalue weighted by Crippen LogP contribution is -2.32. The van der Waals surface area contributed by atoms with Gasteiger partial charge in [-0.25, -0.2) is 4.79 Å². The lowest BCUT2D eigenvalue weighted by atomic mass is 10.2. The summed E-state index contributed by atoms with van der Waals surface area (Å²) in [5.74, 6) is 0.977. The fourth-order valence-electron chi connectivity index (χ4n) is 1.70. The topological polar surface area (TPSA) is 63.5 Å². The van der Waals surface area contributed by atoms with Gasteiger partial charge in [0.15, 0.2) is 0 Å². The maximum absolute atomic E-state index is 11.4. The van der Waals surface area contributed by atoms with Crippen molar-refractivity contribution in [3.05, 3.63) is 36.3 Å². The summed E-state index contributed by atoms with van der Waals surface area (Å²) < 4.78 is 10.4. The molecule has 0 spiro atoms. The average Bonchev–Trinajstić information content (AvgIpc) is 2.84. The van der Waals surface area contributed by atoms with Crippen molar-refractivity contribution < 1.29 is 13.9 Å². The smallest absolute Gasteiger partial charge is 0.407 e. The largest absolute Gasteiger partial charge is 0.469 e. The Balaban J connectivity index is 2.08. The maximum atomic E-state index is 11.4. The van der Waals surface area contributed by atoms with E-state index in [1.165, 1.54) is 0 Å². The van der Waals surface area contributed by atoms with Gasteiger partial charge in [0.25, 0.3) is 0 Å². The van der Waals surface area contributed by atoms with Crippen LogP contribution in [0.1, 0.15) is 33.5 Å². The first-order valence-electron chi connectivity index (χ1n) is 7.24. The Bertz CT molecular complexity index is 433. The summed E-state index contributed by atoms with van der Waals surface area (Å²) in [5.41, 5.74) is -0.462. The van der Waals surface area contributed by atoms with Gasteiger partial charge in [-0.3, -0.25) is 0 Å². The van der Waals surface area contributed by atoms with Gasteiger partial charge in [0, 0.05) is 25.6 Å². The molecule has 5 heteroatoms. The van der Waals surface area contributed by atoms with Crippen molar-refractivity contribution in [1.29, 1.82) is 0 Å². The molecular formula is C16H26N2O3. The zero-order chi connectivity index (χ0) is 15.7. The van der Waals surface area contributed by atoms with Crippen LogP contribution in [0.15, 0.2) is 35.0 Å². The summed E-state index contributed by atoms with van der Waals surface area (Å²) in [4.78, 5) is 11.4. The minimum atomic E-state index is -0.462. The van der Waals surface area contributed by atoms with Crippen LogP contribution in [0.2, 0.25) is 0 Å². The van der Waals surface area contributed by atoms with Gasteiger partial charge in [0.05, 0.1) is 6.26 Å². The second kappa shape index (κ2) is 8.52. The Morgan fingerprint density at radius 1 is 1.38 bits per heavy atom. The number of alkyl carbamates (subject to hydrolysis) is 1. The second-order valence-electron chi connectivity index (χ2n) is 5.95. The van der Waals surface area contributed by atoms with Crippen molar-refractivity contribution in [3.8, 4) is 0 Å². The van der Waals surface area contributed by atoms with Gasteiger partial charge in [-0.2, -0.15) is 0 Å². The first-order valence-corrected chi connectivity index (χ1v) is 7.24. The number of carbonyl (C=O) groups is 1. The van der Waals surface area contributed by atoms with Crippen LogP contribution in [0.3, 0.4) is 0 Å². The molecular weight excluding hydrogens is 268 g/mol. The van der Waals surface area contributed by atoms with Gasteiger partial charge in [-0.15, -0.1) is 0 Å². The van der Waals surface area contributed by atoms with E-state index in [9.17, 15) is 4.79 Å². The van der Waals surface area contributed by atoms with Crippen LogP contribution in [-0.4, -0.2) is 30.8 Å². The van der Waals surface area contributed by atoms with E-state index in [2.05, 4.69) is 17.6 Å².